The van der Waals surface area contributed by atoms with Gasteiger partial charge in [-0.25, -0.2) is 0 Å². The van der Waals surface area contributed by atoms with Gasteiger partial charge in [0.2, 0.25) is 0 Å². The van der Waals surface area contributed by atoms with E-state index in [0.717, 1.165) is 11.5 Å². The van der Waals surface area contributed by atoms with Crippen molar-refractivity contribution in [2.45, 2.75) is 24.8 Å². The van der Waals surface area contributed by atoms with Crippen LogP contribution in [0.3, 0.4) is 0 Å². The molecule has 2 aromatic carbocycles. The van der Waals surface area contributed by atoms with Crippen LogP contribution in [-0.4, -0.2) is 19.9 Å². The van der Waals surface area contributed by atoms with E-state index in [1.54, 1.807) is 7.11 Å². The zero-order chi connectivity index (χ0) is 15.2. The van der Waals surface area contributed by atoms with Crippen molar-refractivity contribution in [3.8, 4) is 5.75 Å². The summed E-state index contributed by atoms with van der Waals surface area (Å²) in [6.07, 6.45) is 0. The van der Waals surface area contributed by atoms with Crippen molar-refractivity contribution in [2.75, 3.05) is 19.9 Å². The summed E-state index contributed by atoms with van der Waals surface area (Å²) in [7, 11) is 3.74. The summed E-state index contributed by atoms with van der Waals surface area (Å²) in [6, 6.07) is 15.2. The number of ether oxygens (including phenoxy) is 1. The number of aryl methyl sites for hydroxylation is 2. The van der Waals surface area contributed by atoms with Gasteiger partial charge in [-0.15, -0.1) is 11.8 Å². The van der Waals surface area contributed by atoms with Gasteiger partial charge in [0, 0.05) is 16.7 Å². The molecule has 0 bridgehead atoms. The molecule has 0 radical (unpaired) electrons. The molecule has 112 valence electrons. The second-order valence-electron chi connectivity index (χ2n) is 5.22. The summed E-state index contributed by atoms with van der Waals surface area (Å²) >= 11 is 1.82. The van der Waals surface area contributed by atoms with Gasteiger partial charge < -0.3 is 10.1 Å². The number of hydrogen-bond donors (Lipinski definition) is 1. The summed E-state index contributed by atoms with van der Waals surface area (Å²) < 4.78 is 5.41. The van der Waals surface area contributed by atoms with Gasteiger partial charge in [0.1, 0.15) is 5.75 Å². The van der Waals surface area contributed by atoms with E-state index in [1.807, 2.05) is 30.9 Å². The molecule has 0 spiro atoms. The lowest BCUT2D eigenvalue weighted by Gasteiger charge is -2.18. The van der Waals surface area contributed by atoms with E-state index in [1.165, 1.54) is 21.6 Å². The van der Waals surface area contributed by atoms with Crippen LogP contribution in [0.25, 0.3) is 0 Å². The maximum Gasteiger partial charge on any atom is 0.132 e. The molecule has 0 amide bonds. The van der Waals surface area contributed by atoms with E-state index in [2.05, 4.69) is 49.5 Å². The van der Waals surface area contributed by atoms with Gasteiger partial charge in [-0.1, -0.05) is 41.5 Å². The van der Waals surface area contributed by atoms with Gasteiger partial charge in [-0.2, -0.15) is 0 Å². The molecule has 0 aliphatic carbocycles. The summed E-state index contributed by atoms with van der Waals surface area (Å²) in [6.45, 7) is 4.30. The third-order valence-corrected chi connectivity index (χ3v) is 4.62. The second-order valence-corrected chi connectivity index (χ2v) is 6.29. The summed E-state index contributed by atoms with van der Waals surface area (Å²) in [5, 5.41) is 3.42. The molecule has 1 unspecified atom stereocenters. The van der Waals surface area contributed by atoms with Crippen molar-refractivity contribution in [1.29, 1.82) is 0 Å². The number of thioether (sulfide) groups is 1. The van der Waals surface area contributed by atoms with E-state index in [9.17, 15) is 0 Å². The summed E-state index contributed by atoms with van der Waals surface area (Å²) in [5.41, 5.74) is 3.97. The Hall–Kier alpha value is -1.45. The molecule has 2 nitrogen and oxygen atoms in total. The molecule has 0 aromatic heterocycles. The standard InChI is InChI=1S/C18H23NOS/c1-13-9-14(2)11-15(10-13)16(19-3)12-21-18-8-6-5-7-17(18)20-4/h5-11,16,19H,12H2,1-4H3. The highest BCUT2D eigenvalue weighted by Crippen LogP contribution is 2.32. The molecule has 3 heteroatoms. The van der Waals surface area contributed by atoms with Gasteiger partial charge in [0.25, 0.3) is 0 Å². The number of rotatable bonds is 6. The highest BCUT2D eigenvalue weighted by molar-refractivity contribution is 7.99. The highest BCUT2D eigenvalue weighted by atomic mass is 32.2. The smallest absolute Gasteiger partial charge is 0.132 e. The first-order valence-electron chi connectivity index (χ1n) is 7.15. The minimum absolute atomic E-state index is 0.332. The molecule has 0 heterocycles. The number of benzene rings is 2. The Morgan fingerprint density at radius 1 is 1.10 bits per heavy atom. The molecule has 21 heavy (non-hydrogen) atoms. The molecular formula is C18H23NOS. The average Bonchev–Trinajstić information content (AvgIpc) is 2.47. The Kier molecular flexibility index (Phi) is 5.71. The van der Waals surface area contributed by atoms with Crippen LogP contribution >= 0.6 is 11.8 Å². The maximum atomic E-state index is 5.41. The largest absolute Gasteiger partial charge is 0.496 e. The van der Waals surface area contributed by atoms with Crippen LogP contribution in [0.1, 0.15) is 22.7 Å². The number of para-hydroxylation sites is 1. The molecule has 2 rings (SSSR count). The molecule has 1 N–H and O–H groups in total. The van der Waals surface area contributed by atoms with E-state index in [0.29, 0.717) is 6.04 Å². The Morgan fingerprint density at radius 3 is 2.38 bits per heavy atom. The number of nitrogens with one attached hydrogen (secondary N) is 1. The number of hydrogen-bond acceptors (Lipinski definition) is 3. The molecule has 0 fully saturated rings. The zero-order valence-electron chi connectivity index (χ0n) is 13.1. The molecule has 2 aromatic rings. The van der Waals surface area contributed by atoms with E-state index in [-0.39, 0.29) is 0 Å². The lowest BCUT2D eigenvalue weighted by atomic mass is 10.0. The van der Waals surface area contributed by atoms with E-state index >= 15 is 0 Å². The fraction of sp³-hybridized carbons (Fsp3) is 0.333. The van der Waals surface area contributed by atoms with Crippen molar-refractivity contribution in [1.82, 2.24) is 5.32 Å². The Bertz CT molecular complexity index is 577. The van der Waals surface area contributed by atoms with Gasteiger partial charge in [0.15, 0.2) is 0 Å². The van der Waals surface area contributed by atoms with Crippen molar-refractivity contribution < 1.29 is 4.74 Å². The first kappa shape index (κ1) is 15.9. The number of methoxy groups -OCH3 is 1. The van der Waals surface area contributed by atoms with Crippen LogP contribution in [0.5, 0.6) is 5.75 Å². The third kappa shape index (κ3) is 4.26. The third-order valence-electron chi connectivity index (χ3n) is 3.47. The van der Waals surface area contributed by atoms with Gasteiger partial charge >= 0.3 is 0 Å². The Balaban J connectivity index is 2.12. The van der Waals surface area contributed by atoms with Crippen molar-refractivity contribution in [2.24, 2.45) is 0 Å². The summed E-state index contributed by atoms with van der Waals surface area (Å²) in [4.78, 5) is 1.18. The average molecular weight is 301 g/mol. The lowest BCUT2D eigenvalue weighted by molar-refractivity contribution is 0.405. The van der Waals surface area contributed by atoms with Crippen molar-refractivity contribution in [3.63, 3.8) is 0 Å². The SMILES string of the molecule is CNC(CSc1ccccc1OC)c1cc(C)cc(C)c1. The predicted octanol–water partition coefficient (Wildman–Crippen LogP) is 4.36. The quantitative estimate of drug-likeness (QED) is 0.801. The van der Waals surface area contributed by atoms with Crippen LogP contribution in [0.15, 0.2) is 47.4 Å². The molecular weight excluding hydrogens is 278 g/mol. The fourth-order valence-electron chi connectivity index (χ4n) is 2.47. The van der Waals surface area contributed by atoms with Crippen molar-refractivity contribution >= 4 is 11.8 Å². The van der Waals surface area contributed by atoms with Crippen LogP contribution in [0.4, 0.5) is 0 Å². The molecule has 0 saturated heterocycles. The van der Waals surface area contributed by atoms with Crippen LogP contribution in [-0.2, 0) is 0 Å². The van der Waals surface area contributed by atoms with E-state index < -0.39 is 0 Å². The predicted molar refractivity (Wildman–Crippen MR) is 91.4 cm³/mol. The first-order chi connectivity index (χ1) is 10.1. The van der Waals surface area contributed by atoms with Gasteiger partial charge in [-0.3, -0.25) is 0 Å². The maximum absolute atomic E-state index is 5.41. The monoisotopic (exact) mass is 301 g/mol. The topological polar surface area (TPSA) is 21.3 Å². The molecule has 1 atom stereocenters. The molecule has 0 saturated carbocycles. The fourth-order valence-corrected chi connectivity index (χ4v) is 3.64. The Morgan fingerprint density at radius 2 is 1.76 bits per heavy atom. The van der Waals surface area contributed by atoms with E-state index in [4.69, 9.17) is 4.74 Å². The van der Waals surface area contributed by atoms with Crippen LogP contribution in [0, 0.1) is 13.8 Å². The van der Waals surface area contributed by atoms with Gasteiger partial charge in [0.05, 0.1) is 7.11 Å². The molecule has 0 aliphatic rings. The first-order valence-corrected chi connectivity index (χ1v) is 8.14. The zero-order valence-corrected chi connectivity index (χ0v) is 14.0. The minimum Gasteiger partial charge on any atom is -0.496 e. The second kappa shape index (κ2) is 7.53. The minimum atomic E-state index is 0.332. The van der Waals surface area contributed by atoms with Crippen LogP contribution < -0.4 is 10.1 Å². The highest BCUT2D eigenvalue weighted by Gasteiger charge is 2.12. The van der Waals surface area contributed by atoms with Crippen molar-refractivity contribution in [3.05, 3.63) is 59.2 Å². The summed E-state index contributed by atoms with van der Waals surface area (Å²) in [5.74, 6) is 1.91. The van der Waals surface area contributed by atoms with Gasteiger partial charge in [-0.05, 0) is 38.6 Å². The normalized spacial score (nSPS) is 12.2. The Labute approximate surface area is 131 Å². The molecule has 0 aliphatic heterocycles. The van der Waals surface area contributed by atoms with Crippen LogP contribution in [0.2, 0.25) is 0 Å². The lowest BCUT2D eigenvalue weighted by Crippen LogP contribution is -2.19.